The Labute approximate surface area is 127 Å². The molecule has 22 heavy (non-hydrogen) atoms. The van der Waals surface area contributed by atoms with Gasteiger partial charge in [-0.05, 0) is 31.9 Å². The number of ether oxygens (including phenoxy) is 1. The normalized spacial score (nSPS) is 21.0. The van der Waals surface area contributed by atoms with Gasteiger partial charge >= 0.3 is 6.18 Å². The number of hydrogen-bond acceptors (Lipinski definition) is 3. The van der Waals surface area contributed by atoms with E-state index in [1.807, 2.05) is 0 Å². The molecule has 1 saturated heterocycles. The van der Waals surface area contributed by atoms with Crippen molar-refractivity contribution in [1.29, 1.82) is 0 Å². The van der Waals surface area contributed by atoms with Gasteiger partial charge < -0.3 is 4.74 Å². The van der Waals surface area contributed by atoms with Crippen LogP contribution in [0.25, 0.3) is 0 Å². The van der Waals surface area contributed by atoms with Gasteiger partial charge in [-0.15, -0.1) is 0 Å². The first-order chi connectivity index (χ1) is 10.3. The molecule has 0 aromatic heterocycles. The van der Waals surface area contributed by atoms with Crippen LogP contribution in [0.5, 0.6) is 0 Å². The molecule has 1 unspecified atom stereocenters. The Morgan fingerprint density at radius 1 is 1.32 bits per heavy atom. The molecule has 1 aromatic rings. The van der Waals surface area contributed by atoms with Crippen molar-refractivity contribution in [3.8, 4) is 0 Å². The summed E-state index contributed by atoms with van der Waals surface area (Å²) in [5.74, 6) is 0. The van der Waals surface area contributed by atoms with Crippen LogP contribution in [0, 0.1) is 0 Å². The quantitative estimate of drug-likeness (QED) is 0.849. The molecule has 0 radical (unpaired) electrons. The highest BCUT2D eigenvalue weighted by molar-refractivity contribution is 7.89. The van der Waals surface area contributed by atoms with Gasteiger partial charge in [0.15, 0.2) is 0 Å². The molecular formula is C14H18F3NO3S. The highest BCUT2D eigenvalue weighted by atomic mass is 32.2. The predicted molar refractivity (Wildman–Crippen MR) is 74.9 cm³/mol. The number of alkyl halides is 3. The summed E-state index contributed by atoms with van der Waals surface area (Å²) in [5, 5.41) is 0. The van der Waals surface area contributed by atoms with Gasteiger partial charge in [0, 0.05) is 19.7 Å². The topological polar surface area (TPSA) is 46.6 Å². The molecule has 8 heteroatoms. The number of halogens is 3. The molecule has 124 valence electrons. The van der Waals surface area contributed by atoms with E-state index >= 15 is 0 Å². The zero-order valence-corrected chi connectivity index (χ0v) is 13.0. The summed E-state index contributed by atoms with van der Waals surface area (Å²) in [4.78, 5) is -0.695. The Hall–Kier alpha value is -1.12. The summed E-state index contributed by atoms with van der Waals surface area (Å²) in [6.07, 6.45) is -3.70. The Morgan fingerprint density at radius 2 is 2.00 bits per heavy atom. The lowest BCUT2D eigenvalue weighted by Crippen LogP contribution is -2.43. The predicted octanol–water partition coefficient (Wildman–Crippen LogP) is 2.90. The summed E-state index contributed by atoms with van der Waals surface area (Å²) >= 11 is 0. The maximum absolute atomic E-state index is 13.0. The van der Waals surface area contributed by atoms with Crippen LogP contribution < -0.4 is 0 Å². The minimum absolute atomic E-state index is 0.0857. The first kappa shape index (κ1) is 17.2. The summed E-state index contributed by atoms with van der Waals surface area (Å²) in [6.45, 7) is 2.53. The number of hydrogen-bond donors (Lipinski definition) is 0. The Morgan fingerprint density at radius 3 is 2.64 bits per heavy atom. The lowest BCUT2D eigenvalue weighted by atomic mass is 10.1. The van der Waals surface area contributed by atoms with Crippen LogP contribution in [0.3, 0.4) is 0 Å². The van der Waals surface area contributed by atoms with Crippen molar-refractivity contribution >= 4 is 10.0 Å². The van der Waals surface area contributed by atoms with Gasteiger partial charge in [0.1, 0.15) is 0 Å². The third-order valence-corrected chi connectivity index (χ3v) is 5.48. The van der Waals surface area contributed by atoms with Crippen LogP contribution >= 0.6 is 0 Å². The van der Waals surface area contributed by atoms with E-state index in [4.69, 9.17) is 4.74 Å². The second-order valence-corrected chi connectivity index (χ2v) is 6.98. The third kappa shape index (κ3) is 3.61. The second kappa shape index (κ2) is 6.55. The largest absolute Gasteiger partial charge is 0.417 e. The van der Waals surface area contributed by atoms with Crippen LogP contribution in [0.2, 0.25) is 0 Å². The molecule has 1 heterocycles. The van der Waals surface area contributed by atoms with E-state index in [0.717, 1.165) is 16.4 Å². The molecule has 1 fully saturated rings. The van der Waals surface area contributed by atoms with Gasteiger partial charge in [0.2, 0.25) is 10.0 Å². The van der Waals surface area contributed by atoms with Crippen molar-refractivity contribution in [3.63, 3.8) is 0 Å². The van der Waals surface area contributed by atoms with Gasteiger partial charge in [-0.2, -0.15) is 17.5 Å². The van der Waals surface area contributed by atoms with Gasteiger partial charge in [-0.25, -0.2) is 8.42 Å². The number of piperidine rings is 1. The Bertz CT molecular complexity index is 614. The van der Waals surface area contributed by atoms with E-state index < -0.39 is 26.7 Å². The van der Waals surface area contributed by atoms with Gasteiger partial charge in [0.25, 0.3) is 0 Å². The van der Waals surface area contributed by atoms with Crippen molar-refractivity contribution in [1.82, 2.24) is 4.31 Å². The SMILES string of the molecule is CCOC1CCCN(S(=O)(=O)c2ccccc2C(F)(F)F)C1. The standard InChI is InChI=1S/C14H18F3NO3S/c1-2-21-11-6-5-9-18(10-11)22(19,20)13-8-4-3-7-12(13)14(15,16)17/h3-4,7-8,11H,2,5-6,9-10H2,1H3. The van der Waals surface area contributed by atoms with E-state index in [-0.39, 0.29) is 19.2 Å². The molecule has 2 rings (SSSR count). The molecule has 1 aliphatic heterocycles. The van der Waals surface area contributed by atoms with E-state index in [1.54, 1.807) is 6.92 Å². The van der Waals surface area contributed by atoms with Crippen molar-refractivity contribution in [3.05, 3.63) is 29.8 Å². The van der Waals surface area contributed by atoms with E-state index in [2.05, 4.69) is 0 Å². The molecule has 1 aromatic carbocycles. The van der Waals surface area contributed by atoms with Crippen molar-refractivity contribution in [2.45, 2.75) is 36.9 Å². The average Bonchev–Trinajstić information content (AvgIpc) is 2.47. The molecule has 0 spiro atoms. The van der Waals surface area contributed by atoms with Crippen molar-refractivity contribution < 1.29 is 26.3 Å². The summed E-state index contributed by atoms with van der Waals surface area (Å²) in [7, 11) is -4.19. The van der Waals surface area contributed by atoms with E-state index in [9.17, 15) is 21.6 Å². The summed E-state index contributed by atoms with van der Waals surface area (Å²) in [6, 6.07) is 4.27. The van der Waals surface area contributed by atoms with Crippen LogP contribution in [-0.2, 0) is 20.9 Å². The highest BCUT2D eigenvalue weighted by Crippen LogP contribution is 2.35. The van der Waals surface area contributed by atoms with Gasteiger partial charge in [-0.1, -0.05) is 12.1 Å². The Kier molecular flexibility index (Phi) is 5.14. The number of sulfonamides is 1. The molecular weight excluding hydrogens is 319 g/mol. The first-order valence-electron chi connectivity index (χ1n) is 7.04. The van der Waals surface area contributed by atoms with Gasteiger partial charge in [0.05, 0.1) is 16.6 Å². The lowest BCUT2D eigenvalue weighted by molar-refractivity contribution is -0.139. The first-order valence-corrected chi connectivity index (χ1v) is 8.48. The number of nitrogens with zero attached hydrogens (tertiary/aromatic N) is 1. The van der Waals surface area contributed by atoms with Crippen LogP contribution in [0.15, 0.2) is 29.2 Å². The molecule has 0 bridgehead atoms. The van der Waals surface area contributed by atoms with Crippen molar-refractivity contribution in [2.24, 2.45) is 0 Å². The van der Waals surface area contributed by atoms with E-state index in [1.165, 1.54) is 12.1 Å². The Balaban J connectivity index is 2.35. The lowest BCUT2D eigenvalue weighted by Gasteiger charge is -2.32. The van der Waals surface area contributed by atoms with Gasteiger partial charge in [-0.3, -0.25) is 0 Å². The molecule has 0 aliphatic carbocycles. The zero-order chi connectivity index (χ0) is 16.4. The maximum Gasteiger partial charge on any atom is 0.417 e. The number of benzene rings is 1. The fraction of sp³-hybridized carbons (Fsp3) is 0.571. The fourth-order valence-electron chi connectivity index (χ4n) is 2.56. The average molecular weight is 337 g/mol. The molecule has 0 saturated carbocycles. The monoisotopic (exact) mass is 337 g/mol. The molecule has 0 N–H and O–H groups in total. The summed E-state index contributed by atoms with van der Waals surface area (Å²) in [5.41, 5.74) is -1.13. The molecule has 1 atom stereocenters. The van der Waals surface area contributed by atoms with E-state index in [0.29, 0.717) is 19.4 Å². The fourth-order valence-corrected chi connectivity index (χ4v) is 4.28. The van der Waals surface area contributed by atoms with Crippen LogP contribution in [0.1, 0.15) is 25.3 Å². The zero-order valence-electron chi connectivity index (χ0n) is 12.1. The second-order valence-electron chi connectivity index (χ2n) is 5.08. The maximum atomic E-state index is 13.0. The molecule has 4 nitrogen and oxygen atoms in total. The molecule has 0 amide bonds. The smallest absolute Gasteiger partial charge is 0.377 e. The number of rotatable bonds is 4. The van der Waals surface area contributed by atoms with Crippen LogP contribution in [0.4, 0.5) is 13.2 Å². The summed E-state index contributed by atoms with van der Waals surface area (Å²) < 4.78 is 70.8. The molecule has 1 aliphatic rings. The highest BCUT2D eigenvalue weighted by Gasteiger charge is 2.39. The minimum atomic E-state index is -4.71. The van der Waals surface area contributed by atoms with Crippen LogP contribution in [-0.4, -0.2) is 38.5 Å². The van der Waals surface area contributed by atoms with Crippen molar-refractivity contribution in [2.75, 3.05) is 19.7 Å². The minimum Gasteiger partial charge on any atom is -0.377 e. The third-order valence-electron chi connectivity index (χ3n) is 3.55.